The highest BCUT2D eigenvalue weighted by Gasteiger charge is 2.53. The summed E-state index contributed by atoms with van der Waals surface area (Å²) in [4.78, 5) is 23.3. The van der Waals surface area contributed by atoms with Crippen LogP contribution in [0.5, 0.6) is 0 Å². The van der Waals surface area contributed by atoms with Crippen molar-refractivity contribution in [3.8, 4) is 0 Å². The number of ether oxygens (including phenoxy) is 4. The average Bonchev–Trinajstić information content (AvgIpc) is 2.30. The highest BCUT2D eigenvalue weighted by atomic mass is 16.8. The van der Waals surface area contributed by atoms with Gasteiger partial charge in [0, 0.05) is 0 Å². The average molecular weight is 232 g/mol. The van der Waals surface area contributed by atoms with E-state index in [0.29, 0.717) is 6.42 Å². The van der Waals surface area contributed by atoms with Crippen LogP contribution in [0.4, 0.5) is 0 Å². The van der Waals surface area contributed by atoms with Crippen molar-refractivity contribution in [2.75, 3.05) is 26.4 Å². The molecule has 0 amide bonds. The van der Waals surface area contributed by atoms with E-state index >= 15 is 0 Å². The Kier molecular flexibility index (Phi) is 4.70. The molecule has 6 heteroatoms. The molecule has 16 heavy (non-hydrogen) atoms. The molecule has 1 saturated heterocycles. The van der Waals surface area contributed by atoms with Gasteiger partial charge in [0.15, 0.2) is 0 Å². The zero-order chi connectivity index (χ0) is 12.0. The first-order valence-electron chi connectivity index (χ1n) is 5.29. The largest absolute Gasteiger partial charge is 0.462 e. The molecular weight excluding hydrogens is 216 g/mol. The van der Waals surface area contributed by atoms with Crippen LogP contribution in [0.15, 0.2) is 0 Å². The van der Waals surface area contributed by atoms with E-state index in [1.54, 1.807) is 13.8 Å². The molecule has 0 unspecified atom stereocenters. The molecular formula is C10H16O6. The molecule has 0 saturated carbocycles. The maximum atomic E-state index is 11.7. The fraction of sp³-hybridized carbons (Fsp3) is 0.800. The first-order valence-corrected chi connectivity index (χ1v) is 5.29. The van der Waals surface area contributed by atoms with Crippen molar-refractivity contribution >= 4 is 11.9 Å². The van der Waals surface area contributed by atoms with Crippen molar-refractivity contribution in [3.05, 3.63) is 0 Å². The van der Waals surface area contributed by atoms with Crippen LogP contribution < -0.4 is 0 Å². The summed E-state index contributed by atoms with van der Waals surface area (Å²) in [5, 5.41) is 0. The smallest absolute Gasteiger partial charge is 0.379 e. The van der Waals surface area contributed by atoms with Crippen molar-refractivity contribution in [3.63, 3.8) is 0 Å². The third kappa shape index (κ3) is 2.51. The second-order valence-electron chi connectivity index (χ2n) is 3.11. The van der Waals surface area contributed by atoms with E-state index < -0.39 is 17.7 Å². The molecule has 6 nitrogen and oxygen atoms in total. The van der Waals surface area contributed by atoms with E-state index in [9.17, 15) is 9.59 Å². The molecule has 1 heterocycles. The Labute approximate surface area is 93.8 Å². The lowest BCUT2D eigenvalue weighted by molar-refractivity contribution is -0.270. The third-order valence-corrected chi connectivity index (χ3v) is 1.99. The van der Waals surface area contributed by atoms with Gasteiger partial charge in [0.05, 0.1) is 26.4 Å². The van der Waals surface area contributed by atoms with E-state index in [1.165, 1.54) is 0 Å². The lowest BCUT2D eigenvalue weighted by Crippen LogP contribution is -2.55. The minimum atomic E-state index is -2.02. The number of rotatable bonds is 4. The monoisotopic (exact) mass is 232 g/mol. The number of hydrogen-bond acceptors (Lipinski definition) is 6. The molecule has 1 aliphatic rings. The first kappa shape index (κ1) is 12.9. The Hall–Kier alpha value is -1.14. The van der Waals surface area contributed by atoms with Gasteiger partial charge in [-0.2, -0.15) is 0 Å². The van der Waals surface area contributed by atoms with E-state index in [1.807, 2.05) is 0 Å². The van der Waals surface area contributed by atoms with Crippen molar-refractivity contribution in [2.24, 2.45) is 0 Å². The molecule has 0 aromatic rings. The quantitative estimate of drug-likeness (QED) is 0.511. The van der Waals surface area contributed by atoms with Crippen molar-refractivity contribution in [1.82, 2.24) is 0 Å². The van der Waals surface area contributed by atoms with Crippen LogP contribution in [0.3, 0.4) is 0 Å². The summed E-state index contributed by atoms with van der Waals surface area (Å²) in [5.74, 6) is -3.73. The maximum Gasteiger partial charge on any atom is 0.379 e. The molecule has 0 N–H and O–H groups in total. The summed E-state index contributed by atoms with van der Waals surface area (Å²) in [5.41, 5.74) is 0. The predicted octanol–water partition coefficient (Wildman–Crippen LogP) is 0.246. The molecule has 0 aliphatic carbocycles. The SMILES string of the molecule is CCOC(=O)C1(C(=O)OCC)OCCCO1. The van der Waals surface area contributed by atoms with E-state index in [2.05, 4.69) is 0 Å². The minimum absolute atomic E-state index is 0.146. The van der Waals surface area contributed by atoms with Crippen LogP contribution in [0.1, 0.15) is 20.3 Å². The van der Waals surface area contributed by atoms with Crippen molar-refractivity contribution in [1.29, 1.82) is 0 Å². The van der Waals surface area contributed by atoms with Crippen LogP contribution in [0.25, 0.3) is 0 Å². The third-order valence-electron chi connectivity index (χ3n) is 1.99. The van der Waals surface area contributed by atoms with Gasteiger partial charge in [-0.05, 0) is 20.3 Å². The summed E-state index contributed by atoms with van der Waals surface area (Å²) in [6.45, 7) is 4.09. The van der Waals surface area contributed by atoms with Crippen LogP contribution in [-0.4, -0.2) is 44.2 Å². The molecule has 1 aliphatic heterocycles. The van der Waals surface area contributed by atoms with E-state index in [4.69, 9.17) is 18.9 Å². The number of hydrogen-bond donors (Lipinski definition) is 0. The summed E-state index contributed by atoms with van der Waals surface area (Å²) in [7, 11) is 0. The molecule has 0 atom stereocenters. The van der Waals surface area contributed by atoms with Gasteiger partial charge in [-0.1, -0.05) is 0 Å². The predicted molar refractivity (Wildman–Crippen MR) is 52.5 cm³/mol. The zero-order valence-corrected chi connectivity index (χ0v) is 9.49. The highest BCUT2D eigenvalue weighted by Crippen LogP contribution is 2.22. The summed E-state index contributed by atoms with van der Waals surface area (Å²) < 4.78 is 19.8. The van der Waals surface area contributed by atoms with Crippen LogP contribution in [0.2, 0.25) is 0 Å². The lowest BCUT2D eigenvalue weighted by atomic mass is 10.2. The highest BCUT2D eigenvalue weighted by molar-refractivity contribution is 6.02. The Balaban J connectivity index is 2.82. The maximum absolute atomic E-state index is 11.7. The fourth-order valence-electron chi connectivity index (χ4n) is 1.30. The number of carbonyl (C=O) groups excluding carboxylic acids is 2. The lowest BCUT2D eigenvalue weighted by Gasteiger charge is -2.31. The van der Waals surface area contributed by atoms with Crippen LogP contribution in [-0.2, 0) is 28.5 Å². The standard InChI is InChI=1S/C10H16O6/c1-3-13-8(11)10(9(12)14-4-2)15-6-5-7-16-10/h3-7H2,1-2H3. The van der Waals surface area contributed by atoms with Gasteiger partial charge in [0.2, 0.25) is 0 Å². The minimum Gasteiger partial charge on any atom is -0.462 e. The summed E-state index contributed by atoms with van der Waals surface area (Å²) >= 11 is 0. The Morgan fingerprint density at radius 3 is 1.88 bits per heavy atom. The van der Waals surface area contributed by atoms with E-state index in [-0.39, 0.29) is 26.4 Å². The number of carbonyl (C=O) groups is 2. The molecule has 0 aromatic carbocycles. The van der Waals surface area contributed by atoms with Crippen LogP contribution >= 0.6 is 0 Å². The Morgan fingerprint density at radius 1 is 1.06 bits per heavy atom. The number of esters is 2. The summed E-state index contributed by atoms with van der Waals surface area (Å²) in [6.07, 6.45) is 0.626. The van der Waals surface area contributed by atoms with Gasteiger partial charge in [0.25, 0.3) is 0 Å². The topological polar surface area (TPSA) is 71.1 Å². The first-order chi connectivity index (χ1) is 7.67. The Morgan fingerprint density at radius 2 is 1.50 bits per heavy atom. The van der Waals surface area contributed by atoms with Crippen molar-refractivity contribution in [2.45, 2.75) is 26.1 Å². The Bertz CT molecular complexity index is 236. The summed E-state index contributed by atoms with van der Waals surface area (Å²) in [6, 6.07) is 0. The van der Waals surface area contributed by atoms with E-state index in [0.717, 1.165) is 0 Å². The van der Waals surface area contributed by atoms with Crippen molar-refractivity contribution < 1.29 is 28.5 Å². The fourth-order valence-corrected chi connectivity index (χ4v) is 1.30. The molecule has 92 valence electrons. The van der Waals surface area contributed by atoms with Gasteiger partial charge < -0.3 is 18.9 Å². The molecule has 0 aromatic heterocycles. The van der Waals surface area contributed by atoms with Gasteiger partial charge in [-0.25, -0.2) is 9.59 Å². The normalized spacial score (nSPS) is 18.9. The molecule has 1 rings (SSSR count). The van der Waals surface area contributed by atoms with Gasteiger partial charge in [-0.3, -0.25) is 0 Å². The molecule has 0 radical (unpaired) electrons. The van der Waals surface area contributed by atoms with Crippen LogP contribution in [0, 0.1) is 0 Å². The second kappa shape index (κ2) is 5.81. The zero-order valence-electron chi connectivity index (χ0n) is 9.49. The van der Waals surface area contributed by atoms with Gasteiger partial charge >= 0.3 is 17.7 Å². The molecule has 0 bridgehead atoms. The van der Waals surface area contributed by atoms with Gasteiger partial charge in [0.1, 0.15) is 0 Å². The second-order valence-corrected chi connectivity index (χ2v) is 3.11. The molecule has 0 spiro atoms. The molecule has 1 fully saturated rings. The van der Waals surface area contributed by atoms with Gasteiger partial charge in [-0.15, -0.1) is 0 Å².